The Hall–Kier alpha value is -0.830. The van der Waals surface area contributed by atoms with Gasteiger partial charge in [0.25, 0.3) is 0 Å². The summed E-state index contributed by atoms with van der Waals surface area (Å²) in [6.07, 6.45) is 19.0. The van der Waals surface area contributed by atoms with Crippen LogP contribution in [0.3, 0.4) is 0 Å². The van der Waals surface area contributed by atoms with Crippen molar-refractivity contribution in [2.24, 2.45) is 5.92 Å². The first-order chi connectivity index (χ1) is 12.0. The van der Waals surface area contributed by atoms with Crippen molar-refractivity contribution in [3.63, 3.8) is 0 Å². The summed E-state index contributed by atoms with van der Waals surface area (Å²) < 4.78 is 0. The highest BCUT2D eigenvalue weighted by molar-refractivity contribution is 5.66. The third-order valence-electron chi connectivity index (χ3n) is 4.37. The van der Waals surface area contributed by atoms with E-state index in [-0.39, 0.29) is 6.10 Å². The number of unbranched alkanes of at least 4 members (excludes halogenated alkanes) is 7. The Kier molecular flexibility index (Phi) is 22.4. The Morgan fingerprint density at radius 3 is 1.96 bits per heavy atom. The molecule has 3 heteroatoms. The minimum atomic E-state index is -0.675. The quantitative estimate of drug-likeness (QED) is 0.336. The average molecular weight is 357 g/mol. The Morgan fingerprint density at radius 1 is 1.00 bits per heavy atom. The number of aliphatic hydroxyl groups is 1. The van der Waals surface area contributed by atoms with E-state index in [9.17, 15) is 4.79 Å². The monoisotopic (exact) mass is 356 g/mol. The molecule has 0 heterocycles. The summed E-state index contributed by atoms with van der Waals surface area (Å²) in [5.74, 6) is 0.0982. The van der Waals surface area contributed by atoms with E-state index in [1.807, 2.05) is 0 Å². The smallest absolute Gasteiger partial charge is 0.303 e. The van der Waals surface area contributed by atoms with E-state index in [2.05, 4.69) is 39.8 Å². The molecule has 0 bridgehead atoms. The minimum Gasteiger partial charge on any atom is -0.481 e. The molecule has 1 aliphatic carbocycles. The summed E-state index contributed by atoms with van der Waals surface area (Å²) in [7, 11) is 0. The fraction of sp³-hybridized carbons (Fsp3) is 0.864. The van der Waals surface area contributed by atoms with Gasteiger partial charge in [-0.2, -0.15) is 0 Å². The maximum absolute atomic E-state index is 9.96. The Bertz CT molecular complexity index is 292. The molecule has 25 heavy (non-hydrogen) atoms. The lowest BCUT2D eigenvalue weighted by molar-refractivity contribution is -0.137. The third kappa shape index (κ3) is 25.5. The summed E-state index contributed by atoms with van der Waals surface area (Å²) in [5.41, 5.74) is 0. The van der Waals surface area contributed by atoms with Gasteiger partial charge in [-0.15, -0.1) is 0 Å². The third-order valence-corrected chi connectivity index (χ3v) is 4.37. The predicted molar refractivity (Wildman–Crippen MR) is 109 cm³/mol. The lowest BCUT2D eigenvalue weighted by Crippen LogP contribution is -1.97. The molecule has 2 atom stereocenters. The fourth-order valence-corrected chi connectivity index (χ4v) is 2.74. The molecule has 1 saturated carbocycles. The van der Waals surface area contributed by atoms with Gasteiger partial charge in [-0.3, -0.25) is 4.79 Å². The summed E-state index contributed by atoms with van der Waals surface area (Å²) in [5, 5.41) is 17.1. The van der Waals surface area contributed by atoms with Gasteiger partial charge in [-0.1, -0.05) is 71.4 Å². The molecule has 1 fully saturated rings. The Labute approximate surface area is 156 Å². The lowest BCUT2D eigenvalue weighted by atomic mass is 10.1. The second-order valence-corrected chi connectivity index (χ2v) is 7.19. The van der Waals surface area contributed by atoms with Gasteiger partial charge in [-0.25, -0.2) is 0 Å². The molecule has 0 spiro atoms. The number of aliphatic hydroxyl groups excluding tert-OH is 1. The van der Waals surface area contributed by atoms with Gasteiger partial charge >= 0.3 is 5.97 Å². The number of hydrogen-bond donors (Lipinski definition) is 2. The number of hydrogen-bond acceptors (Lipinski definition) is 2. The molecule has 3 nitrogen and oxygen atoms in total. The Morgan fingerprint density at radius 2 is 1.60 bits per heavy atom. The molecule has 0 aromatic carbocycles. The first kappa shape index (κ1) is 26.4. The van der Waals surface area contributed by atoms with Crippen molar-refractivity contribution in [1.29, 1.82) is 0 Å². The van der Waals surface area contributed by atoms with E-state index in [1.165, 1.54) is 44.9 Å². The summed E-state index contributed by atoms with van der Waals surface area (Å²) in [4.78, 5) is 9.96. The van der Waals surface area contributed by atoms with Crippen molar-refractivity contribution < 1.29 is 15.0 Å². The molecule has 0 aromatic heterocycles. The van der Waals surface area contributed by atoms with Gasteiger partial charge in [0.2, 0.25) is 0 Å². The number of carbonyl (C=O) groups is 1. The molecule has 0 saturated heterocycles. The van der Waals surface area contributed by atoms with E-state index < -0.39 is 5.97 Å². The molecule has 0 aliphatic heterocycles. The van der Waals surface area contributed by atoms with E-state index in [1.54, 1.807) is 0 Å². The maximum atomic E-state index is 9.96. The molecule has 1 rings (SSSR count). The van der Waals surface area contributed by atoms with Crippen LogP contribution in [0.4, 0.5) is 0 Å². The fourth-order valence-electron chi connectivity index (χ4n) is 2.74. The highest BCUT2D eigenvalue weighted by Gasteiger charge is 2.17. The molecular weight excluding hydrogens is 312 g/mol. The molecule has 0 amide bonds. The van der Waals surface area contributed by atoms with Gasteiger partial charge in [0, 0.05) is 6.42 Å². The first-order valence-electron chi connectivity index (χ1n) is 10.5. The number of aliphatic carboxylic acids is 1. The second kappa shape index (κ2) is 21.2. The molecule has 0 radical (unpaired) electrons. The molecule has 1 aliphatic rings. The van der Waals surface area contributed by atoms with Gasteiger partial charge in [0.15, 0.2) is 0 Å². The average Bonchev–Trinajstić information content (AvgIpc) is 2.96. The van der Waals surface area contributed by atoms with Gasteiger partial charge < -0.3 is 10.2 Å². The standard InChI is InChI=1S/C9H18.C7H14O2.C6H12O/c1-3-5-7-9-8-6-4-2;1-2-3-4-5-6-7(8)9;1-5-2-3-6(7)4-5/h3,5H,4,6-9H2,1-2H3;2-6H2,1H3,(H,8,9);5-7H,2-4H2,1H3/b5-3+;;. The minimum absolute atomic E-state index is 0.0231. The van der Waals surface area contributed by atoms with Gasteiger partial charge in [0.05, 0.1) is 6.10 Å². The van der Waals surface area contributed by atoms with Crippen molar-refractivity contribution >= 4 is 5.97 Å². The summed E-state index contributed by atoms with van der Waals surface area (Å²) in [6.45, 7) is 8.63. The van der Waals surface area contributed by atoms with Crippen LogP contribution in [-0.4, -0.2) is 22.3 Å². The van der Waals surface area contributed by atoms with Crippen molar-refractivity contribution in [1.82, 2.24) is 0 Å². The van der Waals surface area contributed by atoms with Crippen LogP contribution < -0.4 is 0 Å². The SMILES string of the molecule is C/C=C/CCCCCC.CC1CCC(O)C1.CCCCCCC(=O)O. The van der Waals surface area contributed by atoms with E-state index >= 15 is 0 Å². The molecule has 2 N–H and O–H groups in total. The molecule has 2 unspecified atom stereocenters. The zero-order chi connectivity index (χ0) is 19.3. The largest absolute Gasteiger partial charge is 0.481 e. The summed E-state index contributed by atoms with van der Waals surface area (Å²) in [6, 6.07) is 0. The lowest BCUT2D eigenvalue weighted by Gasteiger charge is -1.95. The van der Waals surface area contributed by atoms with E-state index in [0.29, 0.717) is 6.42 Å². The first-order valence-corrected chi connectivity index (χ1v) is 10.5. The zero-order valence-corrected chi connectivity index (χ0v) is 17.3. The predicted octanol–water partition coefficient (Wildman–Crippen LogP) is 6.74. The molecule has 0 aromatic rings. The molecular formula is C22H44O3. The second-order valence-electron chi connectivity index (χ2n) is 7.19. The van der Waals surface area contributed by atoms with Crippen molar-refractivity contribution in [2.75, 3.05) is 0 Å². The highest BCUT2D eigenvalue weighted by atomic mass is 16.4. The van der Waals surface area contributed by atoms with E-state index in [4.69, 9.17) is 10.2 Å². The van der Waals surface area contributed by atoms with Crippen LogP contribution in [0.1, 0.15) is 111 Å². The zero-order valence-electron chi connectivity index (χ0n) is 17.3. The number of allylic oxidation sites excluding steroid dienone is 2. The van der Waals surface area contributed by atoms with Gasteiger partial charge in [-0.05, 0) is 51.4 Å². The molecule has 150 valence electrons. The Balaban J connectivity index is 0. The van der Waals surface area contributed by atoms with Crippen LogP contribution in [0, 0.1) is 5.92 Å². The number of carboxylic acid groups (broad SMARTS) is 1. The van der Waals surface area contributed by atoms with Crippen molar-refractivity contribution in [3.8, 4) is 0 Å². The summed E-state index contributed by atoms with van der Waals surface area (Å²) >= 11 is 0. The van der Waals surface area contributed by atoms with Crippen LogP contribution >= 0.6 is 0 Å². The van der Waals surface area contributed by atoms with Crippen LogP contribution in [0.15, 0.2) is 12.2 Å². The topological polar surface area (TPSA) is 57.5 Å². The van der Waals surface area contributed by atoms with Gasteiger partial charge in [0.1, 0.15) is 0 Å². The number of carboxylic acids is 1. The maximum Gasteiger partial charge on any atom is 0.303 e. The van der Waals surface area contributed by atoms with Crippen molar-refractivity contribution in [3.05, 3.63) is 12.2 Å². The van der Waals surface area contributed by atoms with Crippen LogP contribution in [0.2, 0.25) is 0 Å². The number of rotatable bonds is 10. The van der Waals surface area contributed by atoms with Crippen molar-refractivity contribution in [2.45, 2.75) is 117 Å². The van der Waals surface area contributed by atoms with Crippen LogP contribution in [-0.2, 0) is 4.79 Å². The van der Waals surface area contributed by atoms with Crippen LogP contribution in [0.5, 0.6) is 0 Å². The van der Waals surface area contributed by atoms with E-state index in [0.717, 1.165) is 38.0 Å². The normalized spacial score (nSPS) is 19.1. The van der Waals surface area contributed by atoms with Crippen LogP contribution in [0.25, 0.3) is 0 Å². The highest BCUT2D eigenvalue weighted by Crippen LogP contribution is 2.23.